The van der Waals surface area contributed by atoms with Crippen molar-refractivity contribution < 1.29 is 4.74 Å². The van der Waals surface area contributed by atoms with Gasteiger partial charge in [-0.1, -0.05) is 39.0 Å². The van der Waals surface area contributed by atoms with Gasteiger partial charge in [-0.3, -0.25) is 0 Å². The molecule has 0 spiro atoms. The summed E-state index contributed by atoms with van der Waals surface area (Å²) in [6.45, 7) is 2.35. The van der Waals surface area contributed by atoms with Crippen LogP contribution in [-0.4, -0.2) is 6.10 Å². The summed E-state index contributed by atoms with van der Waals surface area (Å²) in [5.41, 5.74) is 0. The van der Waals surface area contributed by atoms with Gasteiger partial charge in [0.05, 0.1) is 11.9 Å². The molecule has 0 aromatic heterocycles. The van der Waals surface area contributed by atoms with E-state index in [9.17, 15) is 0 Å². The van der Waals surface area contributed by atoms with Gasteiger partial charge in [0.15, 0.2) is 0 Å². The number of allylic oxidation sites excluding steroid dienone is 2. The average molecular weight is 236 g/mol. The van der Waals surface area contributed by atoms with Gasteiger partial charge in [-0.2, -0.15) is 0 Å². The molecule has 2 aliphatic heterocycles. The number of rotatable bonds is 0. The fourth-order valence-electron chi connectivity index (χ4n) is 3.11. The van der Waals surface area contributed by atoms with Crippen molar-refractivity contribution >= 4 is 0 Å². The van der Waals surface area contributed by atoms with Crippen LogP contribution in [0.2, 0.25) is 0 Å². The molecule has 2 bridgehead atoms. The van der Waals surface area contributed by atoms with Gasteiger partial charge in [0.1, 0.15) is 0 Å². The van der Waals surface area contributed by atoms with E-state index < -0.39 is 0 Å². The fourth-order valence-corrected chi connectivity index (χ4v) is 3.11. The third kappa shape index (κ3) is 4.73. The Morgan fingerprint density at radius 2 is 1.53 bits per heavy atom. The first kappa shape index (κ1) is 13.0. The maximum absolute atomic E-state index is 6.13. The van der Waals surface area contributed by atoms with Gasteiger partial charge < -0.3 is 4.74 Å². The minimum Gasteiger partial charge on any atom is -0.495 e. The van der Waals surface area contributed by atoms with Crippen molar-refractivity contribution in [2.24, 2.45) is 5.92 Å². The van der Waals surface area contributed by atoms with Crippen molar-refractivity contribution in [1.82, 2.24) is 0 Å². The quantitative estimate of drug-likeness (QED) is 0.561. The predicted molar refractivity (Wildman–Crippen MR) is 72.9 cm³/mol. The molecule has 2 atom stereocenters. The van der Waals surface area contributed by atoms with Crippen molar-refractivity contribution in [3.8, 4) is 0 Å². The van der Waals surface area contributed by atoms with Crippen LogP contribution in [0.4, 0.5) is 0 Å². The predicted octanol–water partition coefficient (Wildman–Crippen LogP) is 5.21. The minimum absolute atomic E-state index is 0.531. The maximum Gasteiger partial charge on any atom is 0.0982 e. The Balaban J connectivity index is 1.92. The first-order chi connectivity index (χ1) is 8.34. The maximum atomic E-state index is 6.13. The fraction of sp³-hybridized carbons (Fsp3) is 0.875. The van der Waals surface area contributed by atoms with Gasteiger partial charge in [0.2, 0.25) is 0 Å². The topological polar surface area (TPSA) is 9.23 Å². The van der Waals surface area contributed by atoms with Crippen LogP contribution in [0.15, 0.2) is 11.8 Å². The van der Waals surface area contributed by atoms with Crippen molar-refractivity contribution in [2.75, 3.05) is 0 Å². The van der Waals surface area contributed by atoms with Gasteiger partial charge in [-0.25, -0.2) is 0 Å². The second-order valence-electron chi connectivity index (χ2n) is 5.94. The summed E-state index contributed by atoms with van der Waals surface area (Å²) in [5.74, 6) is 2.01. The highest BCUT2D eigenvalue weighted by Gasteiger charge is 2.18. The lowest BCUT2D eigenvalue weighted by atomic mass is 9.99. The number of ether oxygens (including phenoxy) is 1. The van der Waals surface area contributed by atoms with Crippen molar-refractivity contribution in [2.45, 2.75) is 83.7 Å². The number of hydrogen-bond acceptors (Lipinski definition) is 1. The van der Waals surface area contributed by atoms with E-state index in [2.05, 4.69) is 13.0 Å². The number of hydrogen-bond donors (Lipinski definition) is 0. The molecule has 0 aromatic carbocycles. The molecule has 0 saturated carbocycles. The summed E-state index contributed by atoms with van der Waals surface area (Å²) >= 11 is 0. The summed E-state index contributed by atoms with van der Waals surface area (Å²) in [7, 11) is 0. The molecule has 17 heavy (non-hydrogen) atoms. The highest BCUT2D eigenvalue weighted by molar-refractivity contribution is 4.99. The Morgan fingerprint density at radius 1 is 0.882 bits per heavy atom. The molecule has 0 radical (unpaired) electrons. The molecule has 0 amide bonds. The molecule has 0 aliphatic carbocycles. The summed E-state index contributed by atoms with van der Waals surface area (Å²) in [4.78, 5) is 0. The van der Waals surface area contributed by atoms with E-state index in [0.29, 0.717) is 12.0 Å². The van der Waals surface area contributed by atoms with Crippen LogP contribution in [0.1, 0.15) is 77.6 Å². The van der Waals surface area contributed by atoms with Crippen LogP contribution in [0.25, 0.3) is 0 Å². The normalized spacial score (nSPS) is 32.4. The molecule has 2 unspecified atom stereocenters. The van der Waals surface area contributed by atoms with Crippen LogP contribution in [0.3, 0.4) is 0 Å². The van der Waals surface area contributed by atoms with Crippen LogP contribution in [-0.2, 0) is 4.74 Å². The first-order valence-corrected chi connectivity index (χ1v) is 7.72. The summed E-state index contributed by atoms with van der Waals surface area (Å²) in [6.07, 6.45) is 17.8. The molecule has 1 saturated heterocycles. The van der Waals surface area contributed by atoms with Crippen molar-refractivity contribution in [3.05, 3.63) is 11.8 Å². The molecule has 0 aromatic rings. The molecular formula is C16H28O. The lowest BCUT2D eigenvalue weighted by molar-refractivity contribution is 0.0634. The minimum atomic E-state index is 0.531. The summed E-state index contributed by atoms with van der Waals surface area (Å²) < 4.78 is 6.13. The SMILES string of the molecule is CC1C=C2CCCC(CCCCCCCC1)O2. The van der Waals surface area contributed by atoms with E-state index in [1.165, 1.54) is 76.4 Å². The Hall–Kier alpha value is -0.460. The Morgan fingerprint density at radius 3 is 2.35 bits per heavy atom. The second kappa shape index (κ2) is 7.08. The average Bonchev–Trinajstić information content (AvgIpc) is 2.33. The Kier molecular flexibility index (Phi) is 5.41. The van der Waals surface area contributed by atoms with Crippen molar-refractivity contribution in [3.63, 3.8) is 0 Å². The van der Waals surface area contributed by atoms with Gasteiger partial charge in [0.25, 0.3) is 0 Å². The van der Waals surface area contributed by atoms with E-state index in [-0.39, 0.29) is 0 Å². The Labute approximate surface area is 107 Å². The lowest BCUT2D eigenvalue weighted by Crippen LogP contribution is -2.18. The van der Waals surface area contributed by atoms with E-state index in [1.54, 1.807) is 0 Å². The molecular weight excluding hydrogens is 208 g/mol. The third-order valence-corrected chi connectivity index (χ3v) is 4.17. The van der Waals surface area contributed by atoms with Crippen molar-refractivity contribution in [1.29, 1.82) is 0 Å². The second-order valence-corrected chi connectivity index (χ2v) is 5.94. The molecule has 1 nitrogen and oxygen atoms in total. The van der Waals surface area contributed by atoms with E-state index in [4.69, 9.17) is 4.74 Å². The van der Waals surface area contributed by atoms with E-state index in [1.807, 2.05) is 0 Å². The zero-order valence-electron chi connectivity index (χ0n) is 11.4. The van der Waals surface area contributed by atoms with Gasteiger partial charge >= 0.3 is 0 Å². The van der Waals surface area contributed by atoms with Crippen LogP contribution < -0.4 is 0 Å². The molecule has 98 valence electrons. The highest BCUT2D eigenvalue weighted by Crippen LogP contribution is 2.28. The molecule has 1 fully saturated rings. The lowest BCUT2D eigenvalue weighted by Gasteiger charge is -2.26. The number of fused-ring (bicyclic) bond motifs is 2. The molecule has 2 heterocycles. The molecule has 0 N–H and O–H groups in total. The van der Waals surface area contributed by atoms with Crippen LogP contribution >= 0.6 is 0 Å². The zero-order valence-corrected chi connectivity index (χ0v) is 11.4. The summed E-state index contributed by atoms with van der Waals surface area (Å²) in [6, 6.07) is 0. The smallest absolute Gasteiger partial charge is 0.0982 e. The van der Waals surface area contributed by atoms with E-state index >= 15 is 0 Å². The van der Waals surface area contributed by atoms with Gasteiger partial charge in [0, 0.05) is 6.42 Å². The van der Waals surface area contributed by atoms with E-state index in [0.717, 1.165) is 0 Å². The largest absolute Gasteiger partial charge is 0.495 e. The van der Waals surface area contributed by atoms with Gasteiger partial charge in [-0.15, -0.1) is 0 Å². The van der Waals surface area contributed by atoms with Gasteiger partial charge in [-0.05, 0) is 44.1 Å². The standard InChI is InChI=1S/C16H28O/c1-14-9-6-4-2-3-5-7-10-15-11-8-12-16(13-14)17-15/h13-15H,2-12H2,1H3. The Bertz CT molecular complexity index is 244. The first-order valence-electron chi connectivity index (χ1n) is 7.72. The zero-order chi connectivity index (χ0) is 11.9. The van der Waals surface area contributed by atoms with Crippen LogP contribution in [0.5, 0.6) is 0 Å². The molecule has 2 aliphatic rings. The highest BCUT2D eigenvalue weighted by atomic mass is 16.5. The third-order valence-electron chi connectivity index (χ3n) is 4.17. The van der Waals surface area contributed by atoms with Crippen LogP contribution in [0, 0.1) is 5.92 Å². The molecule has 2 rings (SSSR count). The molecule has 1 heteroatoms. The monoisotopic (exact) mass is 236 g/mol. The summed E-state index contributed by atoms with van der Waals surface area (Å²) in [5, 5.41) is 0.